The molecule has 2 amide bonds. The second-order valence-corrected chi connectivity index (χ2v) is 10.2. The van der Waals surface area contributed by atoms with Crippen molar-refractivity contribution in [3.63, 3.8) is 0 Å². The third-order valence-corrected chi connectivity index (χ3v) is 6.89. The molecular weight excluding hydrogens is 548 g/mol. The van der Waals surface area contributed by atoms with Crippen molar-refractivity contribution in [2.24, 2.45) is 0 Å². The fraction of sp³-hybridized carbons (Fsp3) is 0.105. The number of carbonyl (C=O) groups excluding carboxylic acids is 2. The monoisotopic (exact) mass is 582 g/mol. The molecule has 44 heavy (non-hydrogen) atoms. The summed E-state index contributed by atoms with van der Waals surface area (Å²) in [6, 6.07) is 46.5. The topological polar surface area (TPSA) is 76.7 Å². The summed E-state index contributed by atoms with van der Waals surface area (Å²) in [6.45, 7) is 3.49. The van der Waals surface area contributed by atoms with Crippen LogP contribution in [0.3, 0.4) is 0 Å². The van der Waals surface area contributed by atoms with Crippen LogP contribution < -0.4 is 20.1 Å². The van der Waals surface area contributed by atoms with Crippen molar-refractivity contribution >= 4 is 44.7 Å². The Kier molecular flexibility index (Phi) is 9.85. The van der Waals surface area contributed by atoms with Gasteiger partial charge in [-0.1, -0.05) is 97.1 Å². The second-order valence-electron chi connectivity index (χ2n) is 10.2. The molecule has 220 valence electrons. The summed E-state index contributed by atoms with van der Waals surface area (Å²) in [5.74, 6) is 1.04. The van der Waals surface area contributed by atoms with Crippen molar-refractivity contribution in [1.82, 2.24) is 0 Å². The van der Waals surface area contributed by atoms with E-state index in [9.17, 15) is 9.59 Å². The highest BCUT2D eigenvalue weighted by atomic mass is 16.5. The Morgan fingerprint density at radius 2 is 0.795 bits per heavy atom. The summed E-state index contributed by atoms with van der Waals surface area (Å²) in [5.41, 5.74) is 1.53. The number of para-hydroxylation sites is 2. The van der Waals surface area contributed by atoms with Gasteiger partial charge in [-0.15, -0.1) is 0 Å². The molecule has 0 aromatic heterocycles. The maximum Gasteiger partial charge on any atom is 0.265 e. The number of amides is 2. The largest absolute Gasteiger partial charge is 0.481 e. The average Bonchev–Trinajstić information content (AvgIpc) is 3.06. The number of hydrogen-bond donors (Lipinski definition) is 2. The number of hydrogen-bond acceptors (Lipinski definition) is 4. The van der Waals surface area contributed by atoms with Gasteiger partial charge in [0.2, 0.25) is 0 Å². The molecule has 2 unspecified atom stereocenters. The van der Waals surface area contributed by atoms with Gasteiger partial charge in [0.25, 0.3) is 11.8 Å². The molecule has 0 saturated carbocycles. The van der Waals surface area contributed by atoms with Crippen LogP contribution in [0.4, 0.5) is 11.4 Å². The third kappa shape index (κ3) is 8.23. The van der Waals surface area contributed by atoms with Crippen LogP contribution in [0, 0.1) is 0 Å². The molecule has 6 aromatic rings. The highest BCUT2D eigenvalue weighted by molar-refractivity contribution is 5.95. The molecule has 0 fully saturated rings. The van der Waals surface area contributed by atoms with Crippen LogP contribution in [0.1, 0.15) is 13.8 Å². The van der Waals surface area contributed by atoms with Crippen molar-refractivity contribution in [2.45, 2.75) is 26.1 Å². The van der Waals surface area contributed by atoms with Gasteiger partial charge in [0.05, 0.1) is 0 Å². The minimum Gasteiger partial charge on any atom is -0.481 e. The number of ether oxygens (including phenoxy) is 2. The van der Waals surface area contributed by atoms with Gasteiger partial charge in [-0.25, -0.2) is 0 Å². The first-order valence-electron chi connectivity index (χ1n) is 14.5. The van der Waals surface area contributed by atoms with Gasteiger partial charge in [0.1, 0.15) is 11.5 Å². The lowest BCUT2D eigenvalue weighted by molar-refractivity contribution is -0.122. The molecule has 6 nitrogen and oxygen atoms in total. The lowest BCUT2D eigenvalue weighted by Crippen LogP contribution is -2.30. The van der Waals surface area contributed by atoms with E-state index >= 15 is 0 Å². The first-order chi connectivity index (χ1) is 21.4. The standard InChI is InChI=1S/2C19H17NO2/c2*1-14(19(21)20-17-9-3-2-4-10-17)22-18-12-11-15-7-5-6-8-16(15)13-18/h2*2-14H,1H3,(H,20,21). The second kappa shape index (κ2) is 14.5. The summed E-state index contributed by atoms with van der Waals surface area (Å²) in [7, 11) is 0. The van der Waals surface area contributed by atoms with Gasteiger partial charge in [0, 0.05) is 11.4 Å². The van der Waals surface area contributed by atoms with E-state index in [2.05, 4.69) is 10.6 Å². The fourth-order valence-electron chi connectivity index (χ4n) is 4.53. The van der Waals surface area contributed by atoms with Crippen molar-refractivity contribution in [3.05, 3.63) is 146 Å². The highest BCUT2D eigenvalue weighted by Gasteiger charge is 2.16. The van der Waals surface area contributed by atoms with E-state index in [1.807, 2.05) is 146 Å². The summed E-state index contributed by atoms with van der Waals surface area (Å²) in [5, 5.41) is 10.2. The molecule has 0 aliphatic heterocycles. The SMILES string of the molecule is CC(Oc1ccc2ccccc2c1)C(=O)Nc1ccccc1.CC(Oc1ccc2ccccc2c1)C(=O)Nc1ccccc1. The molecule has 0 bridgehead atoms. The zero-order valence-electron chi connectivity index (χ0n) is 24.6. The van der Waals surface area contributed by atoms with Gasteiger partial charge in [-0.05, 0) is 83.9 Å². The van der Waals surface area contributed by atoms with Crippen LogP contribution in [0.15, 0.2) is 146 Å². The van der Waals surface area contributed by atoms with Crippen molar-refractivity contribution in [2.75, 3.05) is 10.6 Å². The normalized spacial score (nSPS) is 11.9. The summed E-state index contributed by atoms with van der Waals surface area (Å²) >= 11 is 0. The molecule has 6 heteroatoms. The number of nitrogens with one attached hydrogen (secondary N) is 2. The summed E-state index contributed by atoms with van der Waals surface area (Å²) in [4.78, 5) is 24.3. The Hall–Kier alpha value is -5.62. The minimum absolute atomic E-state index is 0.167. The van der Waals surface area contributed by atoms with Crippen LogP contribution in [0.25, 0.3) is 21.5 Å². The van der Waals surface area contributed by atoms with E-state index in [0.29, 0.717) is 11.5 Å². The molecule has 6 aromatic carbocycles. The van der Waals surface area contributed by atoms with E-state index in [-0.39, 0.29) is 11.8 Å². The first kappa shape index (κ1) is 29.9. The minimum atomic E-state index is -0.568. The summed E-state index contributed by atoms with van der Waals surface area (Å²) < 4.78 is 11.5. The van der Waals surface area contributed by atoms with Gasteiger partial charge in [-0.3, -0.25) is 9.59 Å². The van der Waals surface area contributed by atoms with Crippen LogP contribution in [-0.2, 0) is 9.59 Å². The number of anilines is 2. The number of benzene rings is 6. The van der Waals surface area contributed by atoms with Gasteiger partial charge >= 0.3 is 0 Å². The Morgan fingerprint density at radius 1 is 0.455 bits per heavy atom. The first-order valence-corrected chi connectivity index (χ1v) is 14.5. The third-order valence-electron chi connectivity index (χ3n) is 6.89. The Balaban J connectivity index is 0.000000175. The zero-order chi connectivity index (χ0) is 30.7. The molecule has 0 heterocycles. The number of carbonyl (C=O) groups is 2. The highest BCUT2D eigenvalue weighted by Crippen LogP contribution is 2.23. The molecular formula is C38H34N2O4. The zero-order valence-corrected chi connectivity index (χ0v) is 24.6. The predicted molar refractivity (Wildman–Crippen MR) is 178 cm³/mol. The van der Waals surface area contributed by atoms with E-state index in [4.69, 9.17) is 9.47 Å². The number of fused-ring (bicyclic) bond motifs is 2. The quantitative estimate of drug-likeness (QED) is 0.189. The molecule has 0 aliphatic rings. The molecule has 2 N–H and O–H groups in total. The van der Waals surface area contributed by atoms with Crippen LogP contribution in [0.5, 0.6) is 11.5 Å². The average molecular weight is 583 g/mol. The van der Waals surface area contributed by atoms with Crippen LogP contribution in [0.2, 0.25) is 0 Å². The van der Waals surface area contributed by atoms with Gasteiger partial charge in [0.15, 0.2) is 12.2 Å². The Morgan fingerprint density at radius 3 is 1.18 bits per heavy atom. The molecule has 0 aliphatic carbocycles. The molecule has 6 rings (SSSR count). The van der Waals surface area contributed by atoms with Crippen molar-refractivity contribution in [3.8, 4) is 11.5 Å². The molecule has 0 saturated heterocycles. The lowest BCUT2D eigenvalue weighted by atomic mass is 10.1. The van der Waals surface area contributed by atoms with E-state index in [1.54, 1.807) is 13.8 Å². The van der Waals surface area contributed by atoms with E-state index in [0.717, 1.165) is 32.9 Å². The van der Waals surface area contributed by atoms with Crippen LogP contribution >= 0.6 is 0 Å². The summed E-state index contributed by atoms with van der Waals surface area (Å²) in [6.07, 6.45) is -1.14. The lowest BCUT2D eigenvalue weighted by Gasteiger charge is -2.15. The maximum atomic E-state index is 12.1. The number of rotatable bonds is 8. The molecule has 2 atom stereocenters. The Bertz CT molecular complexity index is 1700. The maximum absolute atomic E-state index is 12.1. The molecule has 0 spiro atoms. The van der Waals surface area contributed by atoms with Crippen molar-refractivity contribution in [1.29, 1.82) is 0 Å². The Labute approximate surface area is 257 Å². The van der Waals surface area contributed by atoms with E-state index < -0.39 is 12.2 Å². The smallest absolute Gasteiger partial charge is 0.265 e. The van der Waals surface area contributed by atoms with Crippen molar-refractivity contribution < 1.29 is 19.1 Å². The fourth-order valence-corrected chi connectivity index (χ4v) is 4.53. The van der Waals surface area contributed by atoms with Crippen LogP contribution in [-0.4, -0.2) is 24.0 Å². The van der Waals surface area contributed by atoms with E-state index in [1.165, 1.54) is 0 Å². The molecule has 0 radical (unpaired) electrons. The van der Waals surface area contributed by atoms with Gasteiger partial charge < -0.3 is 20.1 Å². The predicted octanol–water partition coefficient (Wildman–Crippen LogP) is 8.49. The van der Waals surface area contributed by atoms with Gasteiger partial charge in [-0.2, -0.15) is 0 Å².